The number of ketones is 4. The summed E-state index contributed by atoms with van der Waals surface area (Å²) in [5.74, 6) is -0.216. The number of carbonyl (C=O) groups is 4. The van der Waals surface area contributed by atoms with Crippen molar-refractivity contribution in [3.8, 4) is 0 Å². The van der Waals surface area contributed by atoms with Gasteiger partial charge in [0.1, 0.15) is 0 Å². The van der Waals surface area contributed by atoms with E-state index >= 15 is 0 Å². The molecule has 0 saturated carbocycles. The smallest absolute Gasteiger partial charge is 0.160 e. The zero-order valence-corrected chi connectivity index (χ0v) is 26.1. The van der Waals surface area contributed by atoms with Crippen LogP contribution < -0.4 is 21.2 Å². The minimum atomic E-state index is -1.39. The molecular weight excluding hydrogens is 546 g/mol. The average molecular weight is 581 g/mol. The van der Waals surface area contributed by atoms with Gasteiger partial charge in [-0.25, -0.2) is 0 Å². The summed E-state index contributed by atoms with van der Waals surface area (Å²) < 4.78 is 0. The zero-order chi connectivity index (χ0) is 29.9. The Hall–Kier alpha value is -3.58. The molecule has 0 fully saturated rings. The van der Waals surface area contributed by atoms with Crippen LogP contribution in [0.3, 0.4) is 0 Å². The fourth-order valence-electron chi connectivity index (χ4n) is 5.40. The number of rotatable bonds is 10. The third-order valence-corrected chi connectivity index (χ3v) is 14.1. The van der Waals surface area contributed by atoms with Crippen LogP contribution in [0.5, 0.6) is 0 Å². The quantitative estimate of drug-likeness (QED) is 0.153. The Labute approximate surface area is 244 Å². The van der Waals surface area contributed by atoms with E-state index in [0.29, 0.717) is 22.3 Å². The highest BCUT2D eigenvalue weighted by Gasteiger charge is 2.44. The molecule has 0 saturated heterocycles. The molecule has 0 unspecified atom stereocenters. The van der Waals surface area contributed by atoms with Crippen molar-refractivity contribution in [3.63, 3.8) is 0 Å². The number of Topliss-reactive ketones (excluding diaryl/α,β-unsaturated/α-hetero) is 4. The summed E-state index contributed by atoms with van der Waals surface area (Å²) >= 11 is 0. The second-order valence-corrected chi connectivity index (χ2v) is 16.3. The molecule has 0 aliphatic carbocycles. The van der Waals surface area contributed by atoms with Crippen molar-refractivity contribution in [2.45, 2.75) is 46.4 Å². The largest absolute Gasteiger partial charge is 0.294 e. The maximum Gasteiger partial charge on any atom is 0.160 e. The fourth-order valence-corrected chi connectivity index (χ4v) is 13.2. The molecule has 0 heterocycles. The van der Waals surface area contributed by atoms with Crippen LogP contribution in [-0.2, 0) is 0 Å². The maximum atomic E-state index is 13.0. The molecule has 0 aliphatic rings. The fraction of sp³-hybridized carbons (Fsp3) is 0.200. The Kier molecular flexibility index (Phi) is 9.27. The molecule has 4 aromatic carbocycles. The molecular formula is C35H34O4P2. The molecule has 0 amide bonds. The first-order valence-corrected chi connectivity index (χ1v) is 16.2. The topological polar surface area (TPSA) is 68.3 Å². The van der Waals surface area contributed by atoms with E-state index in [1.54, 1.807) is 27.7 Å². The highest BCUT2D eigenvalue weighted by Crippen LogP contribution is 2.65. The van der Waals surface area contributed by atoms with E-state index in [-0.39, 0.29) is 23.1 Å². The van der Waals surface area contributed by atoms with Gasteiger partial charge in [0.2, 0.25) is 0 Å². The highest BCUT2D eigenvalue weighted by molar-refractivity contribution is 7.91. The standard InChI is InChI=1S/C35H34O4P2/c1-23(36)27-15-7-11-19-31(27)40(32-20-12-8-16-28(32)24(2)37)35(5,6)41(33-21-13-9-17-29(33)25(3)38)34-22-14-10-18-30(34)26(4)39/h7-22H,1-6H3. The summed E-state index contributed by atoms with van der Waals surface area (Å²) in [5, 5.41) is 3.51. The molecule has 41 heavy (non-hydrogen) atoms. The van der Waals surface area contributed by atoms with Gasteiger partial charge in [0.05, 0.1) is 0 Å². The average Bonchev–Trinajstić information content (AvgIpc) is 2.93. The van der Waals surface area contributed by atoms with Crippen molar-refractivity contribution < 1.29 is 19.2 Å². The number of benzene rings is 4. The van der Waals surface area contributed by atoms with Gasteiger partial charge < -0.3 is 0 Å². The van der Waals surface area contributed by atoms with Crippen molar-refractivity contribution in [1.29, 1.82) is 0 Å². The second kappa shape index (κ2) is 12.5. The Morgan fingerprint density at radius 2 is 0.610 bits per heavy atom. The van der Waals surface area contributed by atoms with Crippen LogP contribution >= 0.6 is 15.8 Å². The molecule has 0 radical (unpaired) electrons. The van der Waals surface area contributed by atoms with Crippen LogP contribution in [0, 0.1) is 0 Å². The normalized spacial score (nSPS) is 11.5. The summed E-state index contributed by atoms with van der Waals surface area (Å²) in [6.45, 7) is 10.6. The highest BCUT2D eigenvalue weighted by atomic mass is 31.2. The molecule has 208 valence electrons. The first kappa shape index (κ1) is 30.4. The van der Waals surface area contributed by atoms with E-state index in [1.165, 1.54) is 0 Å². The summed E-state index contributed by atoms with van der Waals surface area (Å²) in [6, 6.07) is 30.5. The minimum Gasteiger partial charge on any atom is -0.294 e. The number of hydrogen-bond donors (Lipinski definition) is 0. The predicted octanol–water partition coefficient (Wildman–Crippen LogP) is 6.80. The molecule has 0 aromatic heterocycles. The molecule has 0 aliphatic heterocycles. The first-order chi connectivity index (χ1) is 19.5. The second-order valence-electron chi connectivity index (χ2n) is 10.5. The van der Waals surface area contributed by atoms with E-state index in [0.717, 1.165) is 21.2 Å². The Balaban J connectivity index is 2.17. The van der Waals surface area contributed by atoms with E-state index in [4.69, 9.17) is 0 Å². The molecule has 6 heteroatoms. The first-order valence-electron chi connectivity index (χ1n) is 13.5. The van der Waals surface area contributed by atoms with Gasteiger partial charge in [-0.15, -0.1) is 0 Å². The lowest BCUT2D eigenvalue weighted by Crippen LogP contribution is -2.38. The molecule has 0 N–H and O–H groups in total. The molecule has 0 atom stereocenters. The third-order valence-electron chi connectivity index (χ3n) is 7.19. The molecule has 4 aromatic rings. The van der Waals surface area contributed by atoms with Gasteiger partial charge in [-0.05, 0) is 64.8 Å². The van der Waals surface area contributed by atoms with Crippen LogP contribution in [0.1, 0.15) is 83.0 Å². The predicted molar refractivity (Wildman–Crippen MR) is 172 cm³/mol. The Bertz CT molecular complexity index is 1420. The molecule has 0 bridgehead atoms. The lowest BCUT2D eigenvalue weighted by Gasteiger charge is -2.44. The lowest BCUT2D eigenvalue weighted by molar-refractivity contribution is 0.101. The summed E-state index contributed by atoms with van der Waals surface area (Å²) in [4.78, 5) is 51.4. The summed E-state index contributed by atoms with van der Waals surface area (Å²) in [7, 11) is -2.77. The van der Waals surface area contributed by atoms with E-state index in [1.807, 2.05) is 97.1 Å². The van der Waals surface area contributed by atoms with Crippen LogP contribution in [0.4, 0.5) is 0 Å². The molecule has 4 rings (SSSR count). The number of carbonyl (C=O) groups excluding carboxylic acids is 4. The summed E-state index contributed by atoms with van der Waals surface area (Å²) in [6.07, 6.45) is 0. The lowest BCUT2D eigenvalue weighted by atomic mass is 10.1. The SMILES string of the molecule is CC(=O)c1ccccc1P(c1ccccc1C(C)=O)C(C)(C)P(c1ccccc1C(C)=O)c1ccccc1C(C)=O. The minimum absolute atomic E-state index is 0.0539. The van der Waals surface area contributed by atoms with Crippen molar-refractivity contribution in [2.24, 2.45) is 0 Å². The van der Waals surface area contributed by atoms with Gasteiger partial charge >= 0.3 is 0 Å². The van der Waals surface area contributed by atoms with Crippen molar-refractivity contribution >= 4 is 60.2 Å². The zero-order valence-electron chi connectivity index (χ0n) is 24.3. The molecule has 4 nitrogen and oxygen atoms in total. The number of hydrogen-bond acceptors (Lipinski definition) is 4. The van der Waals surface area contributed by atoms with Crippen molar-refractivity contribution in [2.75, 3.05) is 0 Å². The van der Waals surface area contributed by atoms with Gasteiger partial charge in [0.25, 0.3) is 0 Å². The van der Waals surface area contributed by atoms with Crippen LogP contribution in [0.2, 0.25) is 0 Å². The van der Waals surface area contributed by atoms with Gasteiger partial charge in [-0.2, -0.15) is 0 Å². The van der Waals surface area contributed by atoms with Crippen LogP contribution in [-0.4, -0.2) is 28.0 Å². The van der Waals surface area contributed by atoms with E-state index in [9.17, 15) is 19.2 Å². The van der Waals surface area contributed by atoms with Crippen LogP contribution in [0.15, 0.2) is 97.1 Å². The Morgan fingerprint density at radius 1 is 0.415 bits per heavy atom. The van der Waals surface area contributed by atoms with Gasteiger partial charge in [-0.3, -0.25) is 19.2 Å². The van der Waals surface area contributed by atoms with Gasteiger partial charge in [0, 0.05) is 27.2 Å². The Morgan fingerprint density at radius 3 is 0.805 bits per heavy atom. The van der Waals surface area contributed by atoms with E-state index < -0.39 is 20.7 Å². The van der Waals surface area contributed by atoms with Crippen molar-refractivity contribution in [1.82, 2.24) is 0 Å². The van der Waals surface area contributed by atoms with Crippen molar-refractivity contribution in [3.05, 3.63) is 119 Å². The van der Waals surface area contributed by atoms with Crippen LogP contribution in [0.25, 0.3) is 0 Å². The van der Waals surface area contributed by atoms with Gasteiger partial charge in [0.15, 0.2) is 23.1 Å². The third kappa shape index (κ3) is 6.05. The maximum absolute atomic E-state index is 13.0. The summed E-state index contributed by atoms with van der Waals surface area (Å²) in [5.41, 5.74) is 2.44. The van der Waals surface area contributed by atoms with Gasteiger partial charge in [-0.1, -0.05) is 111 Å². The van der Waals surface area contributed by atoms with E-state index in [2.05, 4.69) is 13.8 Å². The molecule has 0 spiro atoms. The monoisotopic (exact) mass is 580 g/mol.